The fourth-order valence-electron chi connectivity index (χ4n) is 1.86. The van der Waals surface area contributed by atoms with Crippen LogP contribution in [0.1, 0.15) is 23.7 Å². The lowest BCUT2D eigenvalue weighted by Gasteiger charge is -2.19. The molecule has 16 heavy (non-hydrogen) atoms. The van der Waals surface area contributed by atoms with Gasteiger partial charge in [-0.15, -0.1) is 0 Å². The summed E-state index contributed by atoms with van der Waals surface area (Å²) < 4.78 is 0. The minimum Gasteiger partial charge on any atom is -0.388 e. The number of hydrogen-bond donors (Lipinski definition) is 2. The SMILES string of the molecule is CSCC(O)c1ccc2c(c1)CCC(=O)N2. The average Bonchev–Trinajstić information content (AvgIpc) is 2.28. The summed E-state index contributed by atoms with van der Waals surface area (Å²) in [6, 6.07) is 5.76. The molecule has 1 aliphatic heterocycles. The molecule has 0 saturated heterocycles. The third-order valence-corrected chi connectivity index (χ3v) is 3.38. The molecule has 1 aromatic rings. The van der Waals surface area contributed by atoms with Crippen LogP contribution < -0.4 is 5.32 Å². The van der Waals surface area contributed by atoms with Gasteiger partial charge in [0.2, 0.25) is 5.91 Å². The molecule has 3 nitrogen and oxygen atoms in total. The highest BCUT2D eigenvalue weighted by Gasteiger charge is 2.16. The zero-order valence-corrected chi connectivity index (χ0v) is 10.0. The number of fused-ring (bicyclic) bond motifs is 1. The lowest BCUT2D eigenvalue weighted by atomic mass is 9.99. The Balaban J connectivity index is 2.22. The quantitative estimate of drug-likeness (QED) is 0.845. The highest BCUT2D eigenvalue weighted by Crippen LogP contribution is 2.27. The maximum Gasteiger partial charge on any atom is 0.224 e. The number of aliphatic hydroxyl groups is 1. The van der Waals surface area contributed by atoms with Crippen molar-refractivity contribution in [1.82, 2.24) is 0 Å². The van der Waals surface area contributed by atoms with Gasteiger partial charge < -0.3 is 10.4 Å². The fourth-order valence-corrected chi connectivity index (χ4v) is 2.37. The van der Waals surface area contributed by atoms with Crippen LogP contribution in [0.5, 0.6) is 0 Å². The Kier molecular flexibility index (Phi) is 3.51. The molecule has 1 unspecified atom stereocenters. The van der Waals surface area contributed by atoms with Crippen LogP contribution in [0.25, 0.3) is 0 Å². The summed E-state index contributed by atoms with van der Waals surface area (Å²) in [5.41, 5.74) is 2.94. The number of benzene rings is 1. The van der Waals surface area contributed by atoms with E-state index in [2.05, 4.69) is 5.32 Å². The molecule has 2 N–H and O–H groups in total. The van der Waals surface area contributed by atoms with Crippen molar-refractivity contribution >= 4 is 23.4 Å². The van der Waals surface area contributed by atoms with E-state index in [9.17, 15) is 9.90 Å². The van der Waals surface area contributed by atoms with Gasteiger partial charge in [-0.3, -0.25) is 4.79 Å². The molecule has 0 saturated carbocycles. The molecule has 1 heterocycles. The third-order valence-electron chi connectivity index (χ3n) is 2.73. The van der Waals surface area contributed by atoms with Gasteiger partial charge in [0.15, 0.2) is 0 Å². The van der Waals surface area contributed by atoms with Gasteiger partial charge in [0.05, 0.1) is 6.10 Å². The predicted molar refractivity (Wildman–Crippen MR) is 66.7 cm³/mol. The van der Waals surface area contributed by atoms with E-state index in [0.29, 0.717) is 12.2 Å². The Morgan fingerprint density at radius 1 is 1.50 bits per heavy atom. The van der Waals surface area contributed by atoms with E-state index in [0.717, 1.165) is 23.2 Å². The van der Waals surface area contributed by atoms with E-state index in [1.807, 2.05) is 24.5 Å². The average molecular weight is 237 g/mol. The summed E-state index contributed by atoms with van der Waals surface area (Å²) in [6.45, 7) is 0. The molecule has 0 bridgehead atoms. The normalized spacial score (nSPS) is 16.5. The predicted octanol–water partition coefficient (Wildman–Crippen LogP) is 1.97. The number of amides is 1. The van der Waals surface area contributed by atoms with Crippen molar-refractivity contribution in [2.45, 2.75) is 18.9 Å². The second-order valence-electron chi connectivity index (χ2n) is 3.94. The Labute approximate surface area is 99.2 Å². The molecular weight excluding hydrogens is 222 g/mol. The molecule has 0 radical (unpaired) electrons. The standard InChI is InChI=1S/C12H15NO2S/c1-16-7-11(14)9-2-4-10-8(6-9)3-5-12(15)13-10/h2,4,6,11,14H,3,5,7H2,1H3,(H,13,15). The molecule has 86 valence electrons. The van der Waals surface area contributed by atoms with Crippen LogP contribution in [0.3, 0.4) is 0 Å². The van der Waals surface area contributed by atoms with Crippen molar-refractivity contribution < 1.29 is 9.90 Å². The first-order valence-corrected chi connectivity index (χ1v) is 6.70. The number of hydrogen-bond acceptors (Lipinski definition) is 3. The number of rotatable bonds is 3. The first-order chi connectivity index (χ1) is 7.70. The van der Waals surface area contributed by atoms with Gasteiger partial charge in [0.1, 0.15) is 0 Å². The summed E-state index contributed by atoms with van der Waals surface area (Å²) >= 11 is 1.62. The molecule has 4 heteroatoms. The van der Waals surface area contributed by atoms with Crippen molar-refractivity contribution in [2.75, 3.05) is 17.3 Å². The monoisotopic (exact) mass is 237 g/mol. The summed E-state index contributed by atoms with van der Waals surface area (Å²) in [7, 11) is 0. The first kappa shape index (κ1) is 11.5. The minimum atomic E-state index is -0.419. The van der Waals surface area contributed by atoms with Gasteiger partial charge >= 0.3 is 0 Å². The molecule has 2 rings (SSSR count). The van der Waals surface area contributed by atoms with Gasteiger partial charge in [-0.1, -0.05) is 12.1 Å². The Morgan fingerprint density at radius 2 is 2.31 bits per heavy atom. The van der Waals surface area contributed by atoms with Crippen LogP contribution in [-0.2, 0) is 11.2 Å². The van der Waals surface area contributed by atoms with Gasteiger partial charge in [-0.05, 0) is 29.9 Å². The Morgan fingerprint density at radius 3 is 3.06 bits per heavy atom. The van der Waals surface area contributed by atoms with Crippen molar-refractivity contribution in [3.63, 3.8) is 0 Å². The first-order valence-electron chi connectivity index (χ1n) is 5.30. The molecule has 1 atom stereocenters. The van der Waals surface area contributed by atoms with Crippen LogP contribution in [0, 0.1) is 0 Å². The van der Waals surface area contributed by atoms with E-state index < -0.39 is 6.10 Å². The number of aryl methyl sites for hydroxylation is 1. The molecule has 0 spiro atoms. The highest BCUT2D eigenvalue weighted by atomic mass is 32.2. The Bertz CT molecular complexity index is 406. The van der Waals surface area contributed by atoms with Crippen LogP contribution in [-0.4, -0.2) is 23.0 Å². The number of aliphatic hydroxyl groups excluding tert-OH is 1. The second-order valence-corrected chi connectivity index (χ2v) is 4.85. The van der Waals surface area contributed by atoms with Crippen LogP contribution in [0.4, 0.5) is 5.69 Å². The Hall–Kier alpha value is -1.00. The number of carbonyl (C=O) groups is 1. The maximum absolute atomic E-state index is 11.2. The molecule has 0 aliphatic carbocycles. The molecule has 1 aromatic carbocycles. The topological polar surface area (TPSA) is 49.3 Å². The lowest BCUT2D eigenvalue weighted by Crippen LogP contribution is -2.19. The van der Waals surface area contributed by atoms with Gasteiger partial charge in [-0.25, -0.2) is 0 Å². The van der Waals surface area contributed by atoms with E-state index in [-0.39, 0.29) is 5.91 Å². The van der Waals surface area contributed by atoms with E-state index in [1.165, 1.54) is 0 Å². The molecule has 1 aliphatic rings. The third kappa shape index (κ3) is 2.39. The van der Waals surface area contributed by atoms with Gasteiger partial charge in [0.25, 0.3) is 0 Å². The van der Waals surface area contributed by atoms with Crippen LogP contribution >= 0.6 is 11.8 Å². The number of thioether (sulfide) groups is 1. The number of anilines is 1. The summed E-state index contributed by atoms with van der Waals surface area (Å²) in [6.07, 6.45) is 2.86. The van der Waals surface area contributed by atoms with Crippen LogP contribution in [0.2, 0.25) is 0 Å². The van der Waals surface area contributed by atoms with Crippen molar-refractivity contribution in [2.24, 2.45) is 0 Å². The molecule has 0 fully saturated rings. The molecular formula is C12H15NO2S. The van der Waals surface area contributed by atoms with Crippen molar-refractivity contribution in [1.29, 1.82) is 0 Å². The van der Waals surface area contributed by atoms with Crippen LogP contribution in [0.15, 0.2) is 18.2 Å². The van der Waals surface area contributed by atoms with Crippen molar-refractivity contribution in [3.05, 3.63) is 29.3 Å². The smallest absolute Gasteiger partial charge is 0.224 e. The number of nitrogens with one attached hydrogen (secondary N) is 1. The van der Waals surface area contributed by atoms with E-state index >= 15 is 0 Å². The maximum atomic E-state index is 11.2. The molecule has 1 amide bonds. The van der Waals surface area contributed by atoms with Gasteiger partial charge in [0, 0.05) is 17.9 Å². The summed E-state index contributed by atoms with van der Waals surface area (Å²) in [4.78, 5) is 11.2. The minimum absolute atomic E-state index is 0.0740. The summed E-state index contributed by atoms with van der Waals surface area (Å²) in [5, 5.41) is 12.7. The number of carbonyl (C=O) groups excluding carboxylic acids is 1. The van der Waals surface area contributed by atoms with E-state index in [4.69, 9.17) is 0 Å². The largest absolute Gasteiger partial charge is 0.388 e. The molecule has 0 aromatic heterocycles. The highest BCUT2D eigenvalue weighted by molar-refractivity contribution is 7.98. The summed E-state index contributed by atoms with van der Waals surface area (Å²) in [5.74, 6) is 0.774. The zero-order chi connectivity index (χ0) is 11.5. The zero-order valence-electron chi connectivity index (χ0n) is 9.19. The van der Waals surface area contributed by atoms with Crippen molar-refractivity contribution in [3.8, 4) is 0 Å². The van der Waals surface area contributed by atoms with Gasteiger partial charge in [-0.2, -0.15) is 11.8 Å². The fraction of sp³-hybridized carbons (Fsp3) is 0.417. The lowest BCUT2D eigenvalue weighted by molar-refractivity contribution is -0.116. The van der Waals surface area contributed by atoms with E-state index in [1.54, 1.807) is 11.8 Å². The second kappa shape index (κ2) is 4.89.